The first-order valence-corrected chi connectivity index (χ1v) is 8.51. The molecule has 21 heavy (non-hydrogen) atoms. The average Bonchev–Trinajstić information content (AvgIpc) is 2.33. The third kappa shape index (κ3) is 4.36. The van der Waals surface area contributed by atoms with Gasteiger partial charge >= 0.3 is 0 Å². The highest BCUT2D eigenvalue weighted by molar-refractivity contribution is 7.90. The SMILES string of the molecule is CC(=O)c1c(C)cc(C)c(CS(=O)(=O)C[C@@H](O)CO)c1C. The van der Waals surface area contributed by atoms with E-state index in [1.165, 1.54) is 6.92 Å². The average molecular weight is 314 g/mol. The zero-order valence-corrected chi connectivity index (χ0v) is 13.6. The highest BCUT2D eigenvalue weighted by Gasteiger charge is 2.22. The lowest BCUT2D eigenvalue weighted by Gasteiger charge is -2.16. The maximum absolute atomic E-state index is 12.1. The molecule has 1 aromatic rings. The van der Waals surface area contributed by atoms with E-state index in [2.05, 4.69) is 0 Å². The molecule has 6 heteroatoms. The summed E-state index contributed by atoms with van der Waals surface area (Å²) in [6.07, 6.45) is -1.28. The summed E-state index contributed by atoms with van der Waals surface area (Å²) < 4.78 is 24.2. The molecule has 5 nitrogen and oxygen atoms in total. The summed E-state index contributed by atoms with van der Waals surface area (Å²) in [5.41, 5.74) is 3.44. The van der Waals surface area contributed by atoms with Gasteiger partial charge in [-0.1, -0.05) is 6.07 Å². The van der Waals surface area contributed by atoms with Gasteiger partial charge in [-0.05, 0) is 49.9 Å². The van der Waals surface area contributed by atoms with Crippen molar-refractivity contribution in [3.63, 3.8) is 0 Å². The number of rotatable bonds is 6. The Morgan fingerprint density at radius 1 is 1.24 bits per heavy atom. The number of carbonyl (C=O) groups is 1. The maximum Gasteiger partial charge on any atom is 0.160 e. The molecule has 0 saturated heterocycles. The molecule has 1 aromatic carbocycles. The second kappa shape index (κ2) is 6.68. The fourth-order valence-electron chi connectivity index (χ4n) is 2.61. The molecule has 0 saturated carbocycles. The number of benzene rings is 1. The van der Waals surface area contributed by atoms with Crippen LogP contribution in [0.2, 0.25) is 0 Å². The Morgan fingerprint density at radius 2 is 1.81 bits per heavy atom. The fourth-order valence-corrected chi connectivity index (χ4v) is 4.31. The van der Waals surface area contributed by atoms with E-state index in [4.69, 9.17) is 5.11 Å². The van der Waals surface area contributed by atoms with Gasteiger partial charge in [-0.25, -0.2) is 8.42 Å². The number of aliphatic hydroxyl groups excluding tert-OH is 2. The Hall–Kier alpha value is -1.24. The topological polar surface area (TPSA) is 91.7 Å². The molecule has 0 heterocycles. The number of ketones is 1. The smallest absolute Gasteiger partial charge is 0.160 e. The predicted octanol–water partition coefficient (Wildman–Crippen LogP) is 1.08. The molecule has 0 unspecified atom stereocenters. The molecule has 0 spiro atoms. The minimum atomic E-state index is -3.57. The first kappa shape index (κ1) is 17.8. The zero-order valence-electron chi connectivity index (χ0n) is 12.8. The van der Waals surface area contributed by atoms with Crippen LogP contribution in [0.25, 0.3) is 0 Å². The number of Topliss-reactive ketones (excluding diaryl/α,β-unsaturated/α-hetero) is 1. The van der Waals surface area contributed by atoms with Crippen molar-refractivity contribution in [3.05, 3.63) is 33.9 Å². The van der Waals surface area contributed by atoms with E-state index in [1.807, 2.05) is 6.92 Å². The molecular formula is C15H22O5S. The minimum Gasteiger partial charge on any atom is -0.394 e. The minimum absolute atomic E-state index is 0.0981. The molecule has 1 rings (SSSR count). The summed E-state index contributed by atoms with van der Waals surface area (Å²) in [7, 11) is -3.57. The summed E-state index contributed by atoms with van der Waals surface area (Å²) in [5.74, 6) is -0.840. The molecule has 2 N–H and O–H groups in total. The third-order valence-corrected chi connectivity index (χ3v) is 5.13. The quantitative estimate of drug-likeness (QED) is 0.767. The van der Waals surface area contributed by atoms with Gasteiger partial charge in [0, 0.05) is 5.56 Å². The van der Waals surface area contributed by atoms with Crippen LogP contribution < -0.4 is 0 Å². The van der Waals surface area contributed by atoms with Crippen LogP contribution in [-0.4, -0.2) is 42.9 Å². The monoisotopic (exact) mass is 314 g/mol. The van der Waals surface area contributed by atoms with Crippen molar-refractivity contribution < 1.29 is 23.4 Å². The summed E-state index contributed by atoms with van der Waals surface area (Å²) in [6, 6.07) is 1.80. The number of aliphatic hydroxyl groups is 2. The second-order valence-corrected chi connectivity index (χ2v) is 7.55. The van der Waals surface area contributed by atoms with Gasteiger partial charge in [-0.15, -0.1) is 0 Å². The Kier molecular flexibility index (Phi) is 5.67. The van der Waals surface area contributed by atoms with Crippen molar-refractivity contribution in [1.29, 1.82) is 0 Å². The summed E-state index contributed by atoms with van der Waals surface area (Å²) in [4.78, 5) is 11.7. The van der Waals surface area contributed by atoms with Gasteiger partial charge in [-0.2, -0.15) is 0 Å². The molecule has 118 valence electrons. The Bertz CT molecular complexity index is 647. The molecule has 0 aliphatic rings. The van der Waals surface area contributed by atoms with Crippen molar-refractivity contribution in [3.8, 4) is 0 Å². The van der Waals surface area contributed by atoms with Crippen LogP contribution in [0.5, 0.6) is 0 Å². The van der Waals surface area contributed by atoms with Crippen LogP contribution in [-0.2, 0) is 15.6 Å². The van der Waals surface area contributed by atoms with Gasteiger partial charge < -0.3 is 10.2 Å². The summed E-state index contributed by atoms with van der Waals surface area (Å²) in [5, 5.41) is 18.1. The molecular weight excluding hydrogens is 292 g/mol. The van der Waals surface area contributed by atoms with Crippen molar-refractivity contribution in [2.75, 3.05) is 12.4 Å². The largest absolute Gasteiger partial charge is 0.394 e. The molecule has 0 fully saturated rings. The summed E-state index contributed by atoms with van der Waals surface area (Å²) >= 11 is 0. The lowest BCUT2D eigenvalue weighted by molar-refractivity contribution is 0.101. The van der Waals surface area contributed by atoms with Gasteiger partial charge in [0.1, 0.15) is 0 Å². The zero-order chi connectivity index (χ0) is 16.4. The Labute approximate surface area is 125 Å². The van der Waals surface area contributed by atoms with Crippen molar-refractivity contribution in [2.45, 2.75) is 39.6 Å². The van der Waals surface area contributed by atoms with E-state index in [0.29, 0.717) is 16.7 Å². The van der Waals surface area contributed by atoms with Crippen LogP contribution in [0.15, 0.2) is 6.07 Å². The predicted molar refractivity (Wildman–Crippen MR) is 81.2 cm³/mol. The van der Waals surface area contributed by atoms with E-state index in [9.17, 15) is 18.3 Å². The van der Waals surface area contributed by atoms with Crippen LogP contribution in [0.3, 0.4) is 0 Å². The standard InChI is InChI=1S/C15H22O5S/c1-9-5-10(2)15(12(4)17)11(3)14(9)8-21(19,20)7-13(18)6-16/h5,13,16,18H,6-8H2,1-4H3/t13-/m0/s1. The molecule has 1 atom stereocenters. The first-order valence-electron chi connectivity index (χ1n) is 6.69. The van der Waals surface area contributed by atoms with Crippen LogP contribution in [0, 0.1) is 20.8 Å². The second-order valence-electron chi connectivity index (χ2n) is 5.44. The number of hydrogen-bond acceptors (Lipinski definition) is 5. The Balaban J connectivity index is 3.26. The van der Waals surface area contributed by atoms with Gasteiger partial charge in [0.2, 0.25) is 0 Å². The lowest BCUT2D eigenvalue weighted by atomic mass is 9.92. The lowest BCUT2D eigenvalue weighted by Crippen LogP contribution is -2.25. The van der Waals surface area contributed by atoms with Gasteiger partial charge in [-0.3, -0.25) is 4.79 Å². The van der Waals surface area contributed by atoms with Gasteiger partial charge in [0.15, 0.2) is 15.6 Å². The summed E-state index contributed by atoms with van der Waals surface area (Å²) in [6.45, 7) is 6.23. The number of sulfone groups is 1. The highest BCUT2D eigenvalue weighted by atomic mass is 32.2. The van der Waals surface area contributed by atoms with Gasteiger partial charge in [0.25, 0.3) is 0 Å². The van der Waals surface area contributed by atoms with Crippen molar-refractivity contribution in [1.82, 2.24) is 0 Å². The maximum atomic E-state index is 12.1. The molecule has 0 bridgehead atoms. The fraction of sp³-hybridized carbons (Fsp3) is 0.533. The van der Waals surface area contributed by atoms with E-state index in [0.717, 1.165) is 11.1 Å². The molecule has 0 aromatic heterocycles. The third-order valence-electron chi connectivity index (χ3n) is 3.50. The van der Waals surface area contributed by atoms with E-state index >= 15 is 0 Å². The van der Waals surface area contributed by atoms with E-state index in [-0.39, 0.29) is 11.5 Å². The van der Waals surface area contributed by atoms with Crippen LogP contribution >= 0.6 is 0 Å². The molecule has 0 amide bonds. The number of carbonyl (C=O) groups excluding carboxylic acids is 1. The molecule has 0 aliphatic heterocycles. The van der Waals surface area contributed by atoms with Crippen molar-refractivity contribution in [2.24, 2.45) is 0 Å². The molecule has 0 aliphatic carbocycles. The van der Waals surface area contributed by atoms with Crippen molar-refractivity contribution >= 4 is 15.6 Å². The first-order chi connectivity index (χ1) is 9.59. The molecule has 0 radical (unpaired) electrons. The van der Waals surface area contributed by atoms with Crippen LogP contribution in [0.4, 0.5) is 0 Å². The van der Waals surface area contributed by atoms with Crippen LogP contribution in [0.1, 0.15) is 39.5 Å². The van der Waals surface area contributed by atoms with E-state index in [1.54, 1.807) is 19.9 Å². The van der Waals surface area contributed by atoms with Gasteiger partial charge in [0.05, 0.1) is 24.2 Å². The number of aryl methyl sites for hydroxylation is 2. The Morgan fingerprint density at radius 3 is 2.29 bits per heavy atom. The normalized spacial score (nSPS) is 13.2. The number of hydrogen-bond donors (Lipinski definition) is 2. The van der Waals surface area contributed by atoms with E-state index < -0.39 is 28.3 Å². The highest BCUT2D eigenvalue weighted by Crippen LogP contribution is 2.25.